The average Bonchev–Trinajstić information content (AvgIpc) is 3.04. The molecule has 5 aromatic rings. The molecule has 2 aromatic heterocycles. The van der Waals surface area contributed by atoms with Crippen molar-refractivity contribution in [3.05, 3.63) is 83.7 Å². The monoisotopic (exact) mass is 332 g/mol. The maximum absolute atomic E-state index is 4.84. The van der Waals surface area contributed by atoms with Gasteiger partial charge < -0.3 is 0 Å². The van der Waals surface area contributed by atoms with Crippen LogP contribution in [0.1, 0.15) is 16.7 Å². The first kappa shape index (κ1) is 14.0. The number of hydrogen-bond acceptors (Lipinski definition) is 2. The first-order chi connectivity index (χ1) is 12.8. The zero-order chi connectivity index (χ0) is 17.3. The predicted octanol–water partition coefficient (Wildman–Crippen LogP) is 5.82. The van der Waals surface area contributed by atoms with E-state index in [-0.39, 0.29) is 0 Å². The largest absolute Gasteiger partial charge is 0.254 e. The van der Waals surface area contributed by atoms with Crippen LogP contribution >= 0.6 is 0 Å². The summed E-state index contributed by atoms with van der Waals surface area (Å²) in [6.07, 6.45) is 4.87. The van der Waals surface area contributed by atoms with Gasteiger partial charge in [0.05, 0.1) is 11.0 Å². The fraction of sp³-hybridized carbons (Fsp3) is 0.0833. The van der Waals surface area contributed by atoms with Gasteiger partial charge in [0.1, 0.15) is 0 Å². The summed E-state index contributed by atoms with van der Waals surface area (Å²) < 4.78 is 0. The molecule has 26 heavy (non-hydrogen) atoms. The highest BCUT2D eigenvalue weighted by atomic mass is 14.7. The molecule has 0 amide bonds. The SMILES string of the molecule is Cc1cc2c3c(cnc2c2ncccc12)-c1cc2ccccc2cc1C3. The van der Waals surface area contributed by atoms with Crippen molar-refractivity contribution in [2.75, 3.05) is 0 Å². The van der Waals surface area contributed by atoms with Crippen LogP contribution in [0.2, 0.25) is 0 Å². The molecule has 0 saturated carbocycles. The minimum Gasteiger partial charge on any atom is -0.254 e. The van der Waals surface area contributed by atoms with E-state index in [1.807, 2.05) is 18.5 Å². The minimum absolute atomic E-state index is 0.965. The van der Waals surface area contributed by atoms with Gasteiger partial charge in [-0.25, -0.2) is 0 Å². The molecule has 0 N–H and O–H groups in total. The highest BCUT2D eigenvalue weighted by Crippen LogP contribution is 2.42. The molecule has 122 valence electrons. The van der Waals surface area contributed by atoms with Gasteiger partial charge in [0.2, 0.25) is 0 Å². The molecule has 3 aromatic carbocycles. The van der Waals surface area contributed by atoms with Crippen molar-refractivity contribution < 1.29 is 0 Å². The Hall–Kier alpha value is -3.26. The first-order valence-corrected chi connectivity index (χ1v) is 8.97. The number of hydrogen-bond donors (Lipinski definition) is 0. The van der Waals surface area contributed by atoms with Crippen LogP contribution in [0.25, 0.3) is 43.7 Å². The standard InChI is InChI=1S/C24H16N2/c1-14-9-21-20-12-17-10-15-5-2-3-6-16(15)11-19(17)22(20)13-26-24(21)23-18(14)7-4-8-25-23/h2-11,13H,12H2,1H3. The van der Waals surface area contributed by atoms with Crippen molar-refractivity contribution in [1.82, 2.24) is 9.97 Å². The highest BCUT2D eigenvalue weighted by molar-refractivity contribution is 6.08. The van der Waals surface area contributed by atoms with Crippen molar-refractivity contribution >= 4 is 32.6 Å². The number of fused-ring (bicyclic) bond motifs is 8. The molecule has 0 aliphatic heterocycles. The van der Waals surface area contributed by atoms with Crippen LogP contribution in [-0.4, -0.2) is 9.97 Å². The van der Waals surface area contributed by atoms with Crippen LogP contribution in [0.5, 0.6) is 0 Å². The zero-order valence-corrected chi connectivity index (χ0v) is 14.5. The van der Waals surface area contributed by atoms with Crippen molar-refractivity contribution in [1.29, 1.82) is 0 Å². The lowest BCUT2D eigenvalue weighted by atomic mass is 9.99. The van der Waals surface area contributed by atoms with Crippen LogP contribution in [0, 0.1) is 6.92 Å². The Balaban J connectivity index is 1.71. The number of nitrogens with zero attached hydrogens (tertiary/aromatic N) is 2. The molecule has 0 spiro atoms. The summed E-state index contributed by atoms with van der Waals surface area (Å²) in [4.78, 5) is 9.47. The molecular weight excluding hydrogens is 316 g/mol. The van der Waals surface area contributed by atoms with E-state index in [4.69, 9.17) is 4.98 Å². The van der Waals surface area contributed by atoms with Gasteiger partial charge in [-0.15, -0.1) is 0 Å². The molecule has 0 radical (unpaired) electrons. The summed E-state index contributed by atoms with van der Waals surface area (Å²) in [6.45, 7) is 2.17. The number of benzene rings is 3. The molecular formula is C24H16N2. The Kier molecular flexibility index (Phi) is 2.63. The van der Waals surface area contributed by atoms with E-state index in [1.165, 1.54) is 49.4 Å². The van der Waals surface area contributed by atoms with Gasteiger partial charge in [-0.3, -0.25) is 9.97 Å². The van der Waals surface area contributed by atoms with E-state index in [9.17, 15) is 0 Å². The van der Waals surface area contributed by atoms with Crippen LogP contribution in [0.15, 0.2) is 67.0 Å². The van der Waals surface area contributed by atoms with Gasteiger partial charge in [-0.2, -0.15) is 0 Å². The molecule has 2 heterocycles. The maximum atomic E-state index is 4.84. The molecule has 0 fully saturated rings. The summed E-state index contributed by atoms with van der Waals surface area (Å²) in [5, 5.41) is 5.02. The fourth-order valence-corrected chi connectivity index (χ4v) is 4.41. The fourth-order valence-electron chi connectivity index (χ4n) is 4.41. The van der Waals surface area contributed by atoms with Crippen LogP contribution in [0.3, 0.4) is 0 Å². The van der Waals surface area contributed by atoms with Gasteiger partial charge in [-0.05, 0) is 64.6 Å². The highest BCUT2D eigenvalue weighted by Gasteiger charge is 2.23. The second-order valence-electron chi connectivity index (χ2n) is 7.17. The molecule has 2 nitrogen and oxygen atoms in total. The number of aryl methyl sites for hydroxylation is 1. The molecule has 0 saturated heterocycles. The lowest BCUT2D eigenvalue weighted by Gasteiger charge is -2.10. The molecule has 1 aliphatic rings. The van der Waals surface area contributed by atoms with E-state index >= 15 is 0 Å². The average molecular weight is 332 g/mol. The number of pyridine rings is 2. The van der Waals surface area contributed by atoms with Gasteiger partial charge >= 0.3 is 0 Å². The number of aromatic nitrogens is 2. The zero-order valence-electron chi connectivity index (χ0n) is 14.5. The van der Waals surface area contributed by atoms with E-state index in [2.05, 4.69) is 60.4 Å². The van der Waals surface area contributed by atoms with Crippen LogP contribution in [0.4, 0.5) is 0 Å². The second-order valence-corrected chi connectivity index (χ2v) is 7.17. The van der Waals surface area contributed by atoms with Crippen LogP contribution in [-0.2, 0) is 6.42 Å². The molecule has 2 heteroatoms. The van der Waals surface area contributed by atoms with Crippen LogP contribution < -0.4 is 0 Å². The third kappa shape index (κ3) is 1.76. The van der Waals surface area contributed by atoms with Gasteiger partial charge in [-0.1, -0.05) is 36.4 Å². The molecule has 0 bridgehead atoms. The normalized spacial score (nSPS) is 12.7. The Bertz CT molecular complexity index is 1370. The molecule has 0 unspecified atom stereocenters. The maximum Gasteiger partial charge on any atom is 0.0968 e. The Morgan fingerprint density at radius 1 is 0.769 bits per heavy atom. The van der Waals surface area contributed by atoms with E-state index in [1.54, 1.807) is 0 Å². The summed E-state index contributed by atoms with van der Waals surface area (Å²) in [6, 6.07) is 19.7. The Morgan fingerprint density at radius 3 is 2.46 bits per heavy atom. The molecule has 6 rings (SSSR count). The van der Waals surface area contributed by atoms with E-state index in [0.717, 1.165) is 17.5 Å². The third-order valence-electron chi connectivity index (χ3n) is 5.67. The van der Waals surface area contributed by atoms with Gasteiger partial charge in [0.15, 0.2) is 0 Å². The van der Waals surface area contributed by atoms with E-state index in [0.29, 0.717) is 0 Å². The summed E-state index contributed by atoms with van der Waals surface area (Å²) in [5.41, 5.74) is 8.66. The van der Waals surface area contributed by atoms with Crippen molar-refractivity contribution in [2.45, 2.75) is 13.3 Å². The first-order valence-electron chi connectivity index (χ1n) is 8.97. The van der Waals surface area contributed by atoms with Crippen molar-refractivity contribution in [3.8, 4) is 11.1 Å². The second kappa shape index (κ2) is 4.89. The summed E-state index contributed by atoms with van der Waals surface area (Å²) in [5.74, 6) is 0. The third-order valence-corrected chi connectivity index (χ3v) is 5.67. The van der Waals surface area contributed by atoms with E-state index < -0.39 is 0 Å². The predicted molar refractivity (Wildman–Crippen MR) is 108 cm³/mol. The number of rotatable bonds is 0. The Morgan fingerprint density at radius 2 is 1.58 bits per heavy atom. The summed E-state index contributed by atoms with van der Waals surface area (Å²) >= 11 is 0. The molecule has 1 aliphatic carbocycles. The lowest BCUT2D eigenvalue weighted by molar-refractivity contribution is 1.27. The smallest absolute Gasteiger partial charge is 0.0968 e. The molecule has 0 atom stereocenters. The summed E-state index contributed by atoms with van der Waals surface area (Å²) in [7, 11) is 0. The quantitative estimate of drug-likeness (QED) is 0.328. The van der Waals surface area contributed by atoms with Crippen molar-refractivity contribution in [3.63, 3.8) is 0 Å². The van der Waals surface area contributed by atoms with Gasteiger partial charge in [0, 0.05) is 28.7 Å². The lowest BCUT2D eigenvalue weighted by Crippen LogP contribution is -1.92. The topological polar surface area (TPSA) is 25.8 Å². The van der Waals surface area contributed by atoms with Gasteiger partial charge in [0.25, 0.3) is 0 Å². The van der Waals surface area contributed by atoms with Crippen molar-refractivity contribution in [2.24, 2.45) is 0 Å². The Labute approximate surface area is 151 Å². The minimum atomic E-state index is 0.965.